The molecule has 1 aromatic rings. The molecule has 1 unspecified atom stereocenters. The van der Waals surface area contributed by atoms with E-state index in [9.17, 15) is 18.0 Å². The first-order valence-electron chi connectivity index (χ1n) is 10.2. The Balaban J connectivity index is 3.09. The van der Waals surface area contributed by atoms with E-state index in [0.717, 1.165) is 16.7 Å². The van der Waals surface area contributed by atoms with Gasteiger partial charge in [-0.2, -0.15) is 0 Å². The molecule has 0 heterocycles. The smallest absolute Gasteiger partial charge is 0.419 e. The number of rotatable bonds is 6. The second-order valence-corrected chi connectivity index (χ2v) is 12.0. The highest BCUT2D eigenvalue weighted by molar-refractivity contribution is 7.89. The molecular formula is C22H36N2O6S. The summed E-state index contributed by atoms with van der Waals surface area (Å²) in [5.74, 6) is -0.288. The molecule has 8 nitrogen and oxygen atoms in total. The minimum absolute atomic E-state index is 0.0493. The summed E-state index contributed by atoms with van der Waals surface area (Å²) >= 11 is 0. The van der Waals surface area contributed by atoms with Gasteiger partial charge in [0.25, 0.3) is 0 Å². The zero-order chi connectivity index (χ0) is 24.2. The minimum atomic E-state index is -3.26. The van der Waals surface area contributed by atoms with E-state index in [1.54, 1.807) is 59.7 Å². The largest absolute Gasteiger partial charge is 0.443 e. The van der Waals surface area contributed by atoms with Gasteiger partial charge in [-0.15, -0.1) is 0 Å². The average Bonchev–Trinajstić information content (AvgIpc) is 2.49. The molecule has 2 amide bonds. The number of benzene rings is 1. The maximum atomic E-state index is 12.6. The Bertz CT molecular complexity index is 870. The number of hydrogen-bond acceptors (Lipinski definition) is 7. The number of nitrogen functional groups attached to an aromatic ring is 1. The van der Waals surface area contributed by atoms with Crippen LogP contribution in [0.15, 0.2) is 18.2 Å². The fraction of sp³-hybridized carbons (Fsp3) is 0.636. The fourth-order valence-corrected chi connectivity index (χ4v) is 3.70. The van der Waals surface area contributed by atoms with Crippen LogP contribution in [0.3, 0.4) is 0 Å². The van der Waals surface area contributed by atoms with Crippen molar-refractivity contribution in [2.45, 2.75) is 77.8 Å². The number of amides is 2. The second-order valence-electron chi connectivity index (χ2n) is 9.83. The van der Waals surface area contributed by atoms with E-state index in [1.165, 1.54) is 0 Å². The lowest BCUT2D eigenvalue weighted by Crippen LogP contribution is -2.44. The maximum Gasteiger partial charge on any atom is 0.419 e. The van der Waals surface area contributed by atoms with Crippen LogP contribution in [-0.2, 0) is 25.1 Å². The summed E-state index contributed by atoms with van der Waals surface area (Å²) in [5, 5.41) is 0. The Kier molecular flexibility index (Phi) is 8.53. The first-order valence-corrected chi connectivity index (χ1v) is 12.2. The van der Waals surface area contributed by atoms with Crippen molar-refractivity contribution in [2.75, 3.05) is 18.5 Å². The molecule has 31 heavy (non-hydrogen) atoms. The third-order valence-corrected chi connectivity index (χ3v) is 4.96. The Morgan fingerprint density at radius 2 is 1.52 bits per heavy atom. The molecule has 0 aliphatic carbocycles. The molecule has 0 saturated carbocycles. The van der Waals surface area contributed by atoms with Crippen LogP contribution in [0.5, 0.6) is 0 Å². The number of carbonyl (C=O) groups is 2. The normalized spacial score (nSPS) is 13.4. The average molecular weight is 457 g/mol. The van der Waals surface area contributed by atoms with Crippen LogP contribution in [0.4, 0.5) is 15.3 Å². The first kappa shape index (κ1) is 26.7. The number of carbonyl (C=O) groups excluding carboxylic acids is 2. The summed E-state index contributed by atoms with van der Waals surface area (Å²) in [5.41, 5.74) is 6.17. The summed E-state index contributed by atoms with van der Waals surface area (Å²) in [6.45, 7) is 12.2. The van der Waals surface area contributed by atoms with Crippen molar-refractivity contribution in [3.8, 4) is 0 Å². The molecule has 0 radical (unpaired) electrons. The second kappa shape index (κ2) is 9.89. The number of hydrogen-bond donors (Lipinski definition) is 1. The summed E-state index contributed by atoms with van der Waals surface area (Å²) < 4.78 is 34.4. The lowest BCUT2D eigenvalue weighted by atomic mass is 9.93. The van der Waals surface area contributed by atoms with Gasteiger partial charge in [0.1, 0.15) is 11.2 Å². The van der Waals surface area contributed by atoms with Crippen molar-refractivity contribution in [2.24, 2.45) is 0 Å². The lowest BCUT2D eigenvalue weighted by Gasteiger charge is -2.29. The quantitative estimate of drug-likeness (QED) is 0.627. The highest BCUT2D eigenvalue weighted by atomic mass is 32.2. The lowest BCUT2D eigenvalue weighted by molar-refractivity contribution is 0.00106. The minimum Gasteiger partial charge on any atom is -0.443 e. The van der Waals surface area contributed by atoms with Gasteiger partial charge in [-0.05, 0) is 77.1 Å². The van der Waals surface area contributed by atoms with Crippen molar-refractivity contribution in [1.82, 2.24) is 4.90 Å². The van der Waals surface area contributed by atoms with Gasteiger partial charge in [-0.1, -0.05) is 13.0 Å². The highest BCUT2D eigenvalue weighted by Gasteiger charge is 2.31. The molecule has 0 aliphatic heterocycles. The van der Waals surface area contributed by atoms with E-state index in [1.807, 2.05) is 6.92 Å². The molecule has 0 fully saturated rings. The first-order chi connectivity index (χ1) is 13.9. The zero-order valence-electron chi connectivity index (χ0n) is 19.8. The molecule has 1 atom stereocenters. The number of sulfone groups is 1. The molecule has 0 aromatic heterocycles. The van der Waals surface area contributed by atoms with Gasteiger partial charge in [0.15, 0.2) is 9.84 Å². The Morgan fingerprint density at radius 3 is 1.94 bits per heavy atom. The van der Waals surface area contributed by atoms with E-state index in [2.05, 4.69) is 0 Å². The van der Waals surface area contributed by atoms with Crippen LogP contribution in [0, 0.1) is 0 Å². The van der Waals surface area contributed by atoms with Crippen molar-refractivity contribution in [3.05, 3.63) is 29.3 Å². The van der Waals surface area contributed by atoms with Crippen molar-refractivity contribution < 1.29 is 27.5 Å². The Morgan fingerprint density at radius 1 is 1.03 bits per heavy atom. The fourth-order valence-electron chi connectivity index (χ4n) is 2.88. The maximum absolute atomic E-state index is 12.6. The number of anilines is 1. The number of ether oxygens (including phenoxy) is 2. The Labute approximate surface area is 186 Å². The molecule has 0 saturated heterocycles. The molecule has 0 bridgehead atoms. The number of imide groups is 1. The molecule has 0 spiro atoms. The van der Waals surface area contributed by atoms with Gasteiger partial charge in [-0.3, -0.25) is 0 Å². The van der Waals surface area contributed by atoms with E-state index in [0.29, 0.717) is 17.7 Å². The van der Waals surface area contributed by atoms with Crippen molar-refractivity contribution in [1.29, 1.82) is 0 Å². The van der Waals surface area contributed by atoms with Gasteiger partial charge >= 0.3 is 12.2 Å². The van der Waals surface area contributed by atoms with Crippen LogP contribution >= 0.6 is 0 Å². The van der Waals surface area contributed by atoms with Crippen LogP contribution in [0.1, 0.15) is 71.9 Å². The third kappa shape index (κ3) is 10.0. The predicted octanol–water partition coefficient (Wildman–Crippen LogP) is 4.48. The molecule has 1 aromatic carbocycles. The number of nitrogens with two attached hydrogens (primary N) is 1. The van der Waals surface area contributed by atoms with Crippen molar-refractivity contribution >= 4 is 27.7 Å². The summed E-state index contributed by atoms with van der Waals surface area (Å²) in [7, 11) is -3.26. The Hall–Kier alpha value is -2.29. The summed E-state index contributed by atoms with van der Waals surface area (Å²) in [6.07, 6.45) is -0.0264. The van der Waals surface area contributed by atoms with Crippen LogP contribution < -0.4 is 5.73 Å². The van der Waals surface area contributed by atoms with Crippen LogP contribution in [0.25, 0.3) is 0 Å². The summed E-state index contributed by atoms with van der Waals surface area (Å²) in [6, 6.07) is 5.13. The monoisotopic (exact) mass is 456 g/mol. The number of nitrogens with zero attached hydrogens (tertiary/aromatic N) is 1. The standard InChI is InChI=1S/C22H36N2O6S/c1-15(18-10-9-17(23)13-16(18)14-31(8,27)28)11-12-24(19(25)29-21(2,3)4)20(26)30-22(5,6)7/h9-10,13,15H,11-12,14,23H2,1-8H3. The summed E-state index contributed by atoms with van der Waals surface area (Å²) in [4.78, 5) is 26.2. The van der Waals surface area contributed by atoms with E-state index in [4.69, 9.17) is 15.2 Å². The van der Waals surface area contributed by atoms with E-state index < -0.39 is 33.2 Å². The molecule has 2 N–H and O–H groups in total. The van der Waals surface area contributed by atoms with Crippen molar-refractivity contribution in [3.63, 3.8) is 0 Å². The molecular weight excluding hydrogens is 420 g/mol. The third-order valence-electron chi connectivity index (χ3n) is 4.13. The molecule has 1 rings (SSSR count). The van der Waals surface area contributed by atoms with E-state index >= 15 is 0 Å². The zero-order valence-corrected chi connectivity index (χ0v) is 20.6. The van der Waals surface area contributed by atoms with Gasteiger partial charge in [0.05, 0.1) is 5.75 Å². The van der Waals surface area contributed by atoms with Gasteiger partial charge in [0, 0.05) is 18.5 Å². The predicted molar refractivity (Wildman–Crippen MR) is 122 cm³/mol. The molecule has 9 heteroatoms. The van der Waals surface area contributed by atoms with Crippen LogP contribution in [0.2, 0.25) is 0 Å². The molecule has 0 aliphatic rings. The molecule has 176 valence electrons. The van der Waals surface area contributed by atoms with Gasteiger partial charge in [0.2, 0.25) is 0 Å². The van der Waals surface area contributed by atoms with E-state index in [-0.39, 0.29) is 18.2 Å². The van der Waals surface area contributed by atoms with Crippen LogP contribution in [-0.4, -0.2) is 49.5 Å². The van der Waals surface area contributed by atoms with Gasteiger partial charge in [-0.25, -0.2) is 22.9 Å². The SMILES string of the molecule is CC(CCN(C(=O)OC(C)(C)C)C(=O)OC(C)(C)C)c1ccc(N)cc1CS(C)(=O)=O. The van der Waals surface area contributed by atoms with Gasteiger partial charge < -0.3 is 15.2 Å². The highest BCUT2D eigenvalue weighted by Crippen LogP contribution is 2.27. The topological polar surface area (TPSA) is 116 Å².